The Morgan fingerprint density at radius 1 is 1.00 bits per heavy atom. The van der Waals surface area contributed by atoms with E-state index in [1.807, 2.05) is 35.8 Å². The number of aromatic nitrogens is 2. The van der Waals surface area contributed by atoms with Crippen LogP contribution < -0.4 is 0 Å². The number of hydrogen-bond donors (Lipinski definition) is 0. The van der Waals surface area contributed by atoms with Crippen molar-refractivity contribution in [2.75, 3.05) is 0 Å². The summed E-state index contributed by atoms with van der Waals surface area (Å²) in [7, 11) is 0. The third-order valence-corrected chi connectivity index (χ3v) is 2.95. The highest BCUT2D eigenvalue weighted by molar-refractivity contribution is 7.08. The van der Waals surface area contributed by atoms with Crippen LogP contribution in [-0.2, 0) is 0 Å². The van der Waals surface area contributed by atoms with Gasteiger partial charge in [0.25, 0.3) is 0 Å². The van der Waals surface area contributed by atoms with Crippen LogP contribution >= 0.6 is 23.7 Å². The molecule has 0 aliphatic carbocycles. The fourth-order valence-electron chi connectivity index (χ4n) is 1.51. The fourth-order valence-corrected chi connectivity index (χ4v) is 2.16. The number of nitrogens with zero attached hydrogens (tertiary/aromatic N) is 2. The van der Waals surface area contributed by atoms with Crippen LogP contribution in [-0.4, -0.2) is 9.97 Å². The summed E-state index contributed by atoms with van der Waals surface area (Å²) < 4.78 is 0. The van der Waals surface area contributed by atoms with Gasteiger partial charge < -0.3 is 0 Å². The van der Waals surface area contributed by atoms with Crippen LogP contribution in [0.4, 0.5) is 0 Å². The highest BCUT2D eigenvalue weighted by Crippen LogP contribution is 2.21. The van der Waals surface area contributed by atoms with E-state index >= 15 is 0 Å². The van der Waals surface area contributed by atoms with Crippen LogP contribution in [0.3, 0.4) is 0 Å². The van der Waals surface area contributed by atoms with E-state index in [4.69, 9.17) is 0 Å². The number of benzene rings is 1. The Morgan fingerprint density at radius 3 is 2.56 bits per heavy atom. The van der Waals surface area contributed by atoms with Gasteiger partial charge in [-0.05, 0) is 23.6 Å². The van der Waals surface area contributed by atoms with Gasteiger partial charge in [-0.1, -0.05) is 12.1 Å². The summed E-state index contributed by atoms with van der Waals surface area (Å²) >= 11 is 1.67. The molecule has 1 aromatic carbocycles. The van der Waals surface area contributed by atoms with Gasteiger partial charge in [-0.2, -0.15) is 11.3 Å². The molecular weight excluding hydrogens is 240 g/mol. The molecule has 0 bridgehead atoms. The second kappa shape index (κ2) is 4.60. The Morgan fingerprint density at radius 2 is 1.81 bits per heavy atom. The molecule has 16 heavy (non-hydrogen) atoms. The lowest BCUT2D eigenvalue weighted by atomic mass is 10.2. The largest absolute Gasteiger partial charge is 0.252 e. The zero-order valence-corrected chi connectivity index (χ0v) is 9.96. The van der Waals surface area contributed by atoms with Crippen LogP contribution in [0.1, 0.15) is 0 Å². The third-order valence-electron chi connectivity index (χ3n) is 2.27. The van der Waals surface area contributed by atoms with E-state index in [1.165, 1.54) is 0 Å². The van der Waals surface area contributed by atoms with Gasteiger partial charge >= 0.3 is 0 Å². The predicted molar refractivity (Wildman–Crippen MR) is 70.1 cm³/mol. The molecule has 2 nitrogen and oxygen atoms in total. The second-order valence-corrected chi connectivity index (χ2v) is 4.04. The minimum absolute atomic E-state index is 0. The number of halogens is 1. The zero-order chi connectivity index (χ0) is 10.1. The Labute approximate surface area is 103 Å². The minimum atomic E-state index is 0. The molecule has 3 aromatic rings. The molecule has 0 saturated carbocycles. The number of fused-ring (bicyclic) bond motifs is 1. The molecule has 0 unspecified atom stereocenters. The molecule has 0 amide bonds. The van der Waals surface area contributed by atoms with Gasteiger partial charge in [0, 0.05) is 10.9 Å². The van der Waals surface area contributed by atoms with Gasteiger partial charge in [0.1, 0.15) is 0 Å². The quantitative estimate of drug-likeness (QED) is 0.655. The van der Waals surface area contributed by atoms with Crippen molar-refractivity contribution in [3.05, 3.63) is 47.3 Å². The van der Waals surface area contributed by atoms with E-state index < -0.39 is 0 Å². The standard InChI is InChI=1S/C12H8N2S.ClH/c1-2-4-11-10(3-1)13-7-12(14-11)9-5-6-15-8-9;/h1-8H;1H. The topological polar surface area (TPSA) is 25.8 Å². The van der Waals surface area contributed by atoms with Gasteiger partial charge in [-0.3, -0.25) is 4.98 Å². The molecule has 4 heteroatoms. The molecule has 0 fully saturated rings. The molecule has 3 rings (SSSR count). The van der Waals surface area contributed by atoms with Gasteiger partial charge in [0.05, 0.1) is 22.9 Å². The average molecular weight is 249 g/mol. The van der Waals surface area contributed by atoms with Crippen LogP contribution in [0.25, 0.3) is 22.3 Å². The predicted octanol–water partition coefficient (Wildman–Crippen LogP) is 3.78. The lowest BCUT2D eigenvalue weighted by Gasteiger charge is -1.99. The fraction of sp³-hybridized carbons (Fsp3) is 0. The SMILES string of the molecule is Cl.c1ccc2nc(-c3ccsc3)cnc2c1. The van der Waals surface area contributed by atoms with Crippen LogP contribution in [0, 0.1) is 0 Å². The molecule has 0 spiro atoms. The van der Waals surface area contributed by atoms with Crippen LogP contribution in [0.2, 0.25) is 0 Å². The van der Waals surface area contributed by atoms with Gasteiger partial charge in [-0.25, -0.2) is 4.98 Å². The maximum absolute atomic E-state index is 4.56. The van der Waals surface area contributed by atoms with E-state index in [0.717, 1.165) is 22.3 Å². The number of para-hydroxylation sites is 2. The van der Waals surface area contributed by atoms with E-state index in [-0.39, 0.29) is 12.4 Å². The smallest absolute Gasteiger partial charge is 0.0901 e. The molecular formula is C12H9ClN2S. The highest BCUT2D eigenvalue weighted by atomic mass is 35.5. The molecule has 80 valence electrons. The molecule has 0 N–H and O–H groups in total. The van der Waals surface area contributed by atoms with Crippen molar-refractivity contribution in [1.29, 1.82) is 0 Å². The Bertz CT molecular complexity index is 593. The number of hydrogen-bond acceptors (Lipinski definition) is 3. The molecule has 0 saturated heterocycles. The normalized spacial score (nSPS) is 10.0. The molecule has 0 radical (unpaired) electrons. The highest BCUT2D eigenvalue weighted by Gasteiger charge is 2.01. The van der Waals surface area contributed by atoms with E-state index in [9.17, 15) is 0 Å². The van der Waals surface area contributed by atoms with Crippen molar-refractivity contribution >= 4 is 34.8 Å². The summed E-state index contributed by atoms with van der Waals surface area (Å²) in [5, 5.41) is 4.13. The van der Waals surface area contributed by atoms with Gasteiger partial charge in [0.15, 0.2) is 0 Å². The summed E-state index contributed by atoms with van der Waals surface area (Å²) in [4.78, 5) is 8.94. The Kier molecular flexibility index (Phi) is 3.17. The van der Waals surface area contributed by atoms with Crippen molar-refractivity contribution in [3.8, 4) is 11.3 Å². The molecule has 2 aromatic heterocycles. The first-order valence-corrected chi connectivity index (χ1v) is 5.62. The number of thiophene rings is 1. The monoisotopic (exact) mass is 248 g/mol. The lowest BCUT2D eigenvalue weighted by molar-refractivity contribution is 1.30. The average Bonchev–Trinajstić information content (AvgIpc) is 2.82. The maximum Gasteiger partial charge on any atom is 0.0901 e. The molecule has 0 aliphatic heterocycles. The van der Waals surface area contributed by atoms with Crippen molar-refractivity contribution < 1.29 is 0 Å². The van der Waals surface area contributed by atoms with Crippen molar-refractivity contribution in [1.82, 2.24) is 9.97 Å². The summed E-state index contributed by atoms with van der Waals surface area (Å²) in [6, 6.07) is 9.97. The number of rotatable bonds is 1. The Balaban J connectivity index is 0.000000963. The zero-order valence-electron chi connectivity index (χ0n) is 8.33. The van der Waals surface area contributed by atoms with E-state index in [1.54, 1.807) is 11.3 Å². The Hall–Kier alpha value is -1.45. The molecule has 0 aliphatic rings. The third kappa shape index (κ3) is 1.92. The van der Waals surface area contributed by atoms with E-state index in [0.29, 0.717) is 0 Å². The van der Waals surface area contributed by atoms with Gasteiger partial charge in [0.2, 0.25) is 0 Å². The summed E-state index contributed by atoms with van der Waals surface area (Å²) in [6.07, 6.45) is 1.82. The van der Waals surface area contributed by atoms with Crippen LogP contribution in [0.5, 0.6) is 0 Å². The summed E-state index contributed by atoms with van der Waals surface area (Å²) in [5.41, 5.74) is 3.96. The first kappa shape index (κ1) is 11.0. The van der Waals surface area contributed by atoms with Crippen molar-refractivity contribution in [2.45, 2.75) is 0 Å². The summed E-state index contributed by atoms with van der Waals surface area (Å²) in [5.74, 6) is 0. The first-order valence-electron chi connectivity index (χ1n) is 4.68. The summed E-state index contributed by atoms with van der Waals surface area (Å²) in [6.45, 7) is 0. The molecule has 0 atom stereocenters. The van der Waals surface area contributed by atoms with E-state index in [2.05, 4.69) is 21.4 Å². The van der Waals surface area contributed by atoms with Crippen molar-refractivity contribution in [3.63, 3.8) is 0 Å². The molecule has 2 heterocycles. The van der Waals surface area contributed by atoms with Gasteiger partial charge in [-0.15, -0.1) is 12.4 Å². The van der Waals surface area contributed by atoms with Crippen molar-refractivity contribution in [2.24, 2.45) is 0 Å². The first-order chi connectivity index (χ1) is 7.43. The maximum atomic E-state index is 4.56. The van der Waals surface area contributed by atoms with Crippen LogP contribution in [0.15, 0.2) is 47.3 Å². The minimum Gasteiger partial charge on any atom is -0.252 e. The second-order valence-electron chi connectivity index (χ2n) is 3.26. The lowest BCUT2D eigenvalue weighted by Crippen LogP contribution is -1.86.